The topological polar surface area (TPSA) is 237 Å². The number of hydrogen-bond acceptors (Lipinski definition) is 11. The summed E-state index contributed by atoms with van der Waals surface area (Å²) in [4.78, 5) is 32.8. The Labute approximate surface area is 286 Å². The highest BCUT2D eigenvalue weighted by Gasteiger charge is 2.16. The number of aldehydes is 1. The SMILES string of the molecule is CB(O)NC(CCCOCP(C)(C)=O)c1cccc(N)c1.CCCCC(N=[N+]=[N-])c1cccc([N+](=O)[O-])c1.O=Cc1cccc([N+](=O)[O-])c1. The number of nitrogens with zero attached hydrogens (tertiary/aromatic N) is 5. The summed E-state index contributed by atoms with van der Waals surface area (Å²) < 4.78 is 17.0. The van der Waals surface area contributed by atoms with E-state index >= 15 is 0 Å². The zero-order chi connectivity index (χ0) is 36.8. The van der Waals surface area contributed by atoms with Gasteiger partial charge in [-0.2, -0.15) is 0 Å². The second-order valence-corrected chi connectivity index (χ2v) is 14.9. The van der Waals surface area contributed by atoms with E-state index in [4.69, 9.17) is 16.0 Å². The van der Waals surface area contributed by atoms with Crippen LogP contribution in [0.2, 0.25) is 6.82 Å². The summed E-state index contributed by atoms with van der Waals surface area (Å²) in [6.45, 7) is 7.74. The van der Waals surface area contributed by atoms with Gasteiger partial charge in [0.2, 0.25) is 0 Å². The van der Waals surface area contributed by atoms with Gasteiger partial charge in [-0.3, -0.25) is 25.0 Å². The summed E-state index contributed by atoms with van der Waals surface area (Å²) in [5.74, 6) is 0. The number of nitrogen functional groups attached to an aromatic ring is 1. The number of ether oxygens (including phenoxy) is 1. The van der Waals surface area contributed by atoms with Crippen LogP contribution in [0, 0.1) is 20.2 Å². The van der Waals surface area contributed by atoms with Crippen LogP contribution in [0.5, 0.6) is 0 Å². The Morgan fingerprint density at radius 3 is 2.18 bits per heavy atom. The number of benzene rings is 3. The Morgan fingerprint density at radius 1 is 1.02 bits per heavy atom. The zero-order valence-corrected chi connectivity index (χ0v) is 29.1. The molecule has 15 nitrogen and oxygen atoms in total. The maximum Gasteiger partial charge on any atom is 0.374 e. The van der Waals surface area contributed by atoms with Crippen LogP contribution in [-0.2, 0) is 9.30 Å². The third kappa shape index (κ3) is 18.5. The van der Waals surface area contributed by atoms with Gasteiger partial charge in [0.25, 0.3) is 11.4 Å². The molecule has 4 N–H and O–H groups in total. The van der Waals surface area contributed by atoms with Crippen molar-refractivity contribution in [2.75, 3.05) is 32.0 Å². The number of non-ortho nitro benzene ring substituents is 2. The second kappa shape index (κ2) is 22.9. The van der Waals surface area contributed by atoms with Crippen molar-refractivity contribution in [2.45, 2.75) is 57.9 Å². The molecule has 0 spiro atoms. The summed E-state index contributed by atoms with van der Waals surface area (Å²) in [5.41, 5.74) is 17.0. The molecule has 17 heteroatoms. The first kappa shape index (κ1) is 42.4. The van der Waals surface area contributed by atoms with Gasteiger partial charge in [0.05, 0.1) is 22.2 Å². The first-order valence-electron chi connectivity index (χ1n) is 15.6. The lowest BCUT2D eigenvalue weighted by Crippen LogP contribution is -2.34. The van der Waals surface area contributed by atoms with Crippen molar-refractivity contribution in [1.29, 1.82) is 0 Å². The van der Waals surface area contributed by atoms with Gasteiger partial charge in [0.15, 0.2) is 0 Å². The Balaban J connectivity index is 0.000000385. The average molecular weight is 698 g/mol. The number of unbranched alkanes of at least 4 members (excludes halogenated alkanes) is 1. The van der Waals surface area contributed by atoms with Crippen molar-refractivity contribution in [2.24, 2.45) is 5.11 Å². The van der Waals surface area contributed by atoms with Gasteiger partial charge in [-0.05, 0) is 68.2 Å². The zero-order valence-electron chi connectivity index (χ0n) is 28.3. The fourth-order valence-electron chi connectivity index (χ4n) is 4.40. The molecule has 2 unspecified atom stereocenters. The molecule has 0 heterocycles. The molecule has 0 bridgehead atoms. The smallest absolute Gasteiger partial charge is 0.374 e. The third-order valence-corrected chi connectivity index (χ3v) is 7.45. The monoisotopic (exact) mass is 697 g/mol. The minimum atomic E-state index is -2.11. The number of rotatable bonds is 17. The number of nitro benzene ring substituents is 2. The Hall–Kier alpha value is -4.59. The highest BCUT2D eigenvalue weighted by molar-refractivity contribution is 7.62. The van der Waals surface area contributed by atoms with E-state index in [1.54, 1.807) is 32.3 Å². The fraction of sp³-hybridized carbons (Fsp3) is 0.406. The van der Waals surface area contributed by atoms with E-state index in [0.29, 0.717) is 42.5 Å². The minimum Gasteiger partial charge on any atom is -0.437 e. The predicted octanol–water partition coefficient (Wildman–Crippen LogP) is 7.93. The highest BCUT2D eigenvalue weighted by atomic mass is 31.2. The van der Waals surface area contributed by atoms with Crippen LogP contribution in [-0.4, -0.2) is 54.5 Å². The highest BCUT2D eigenvalue weighted by Crippen LogP contribution is 2.35. The molecule has 3 aromatic carbocycles. The van der Waals surface area contributed by atoms with Crippen LogP contribution in [0.15, 0.2) is 77.9 Å². The fourth-order valence-corrected chi connectivity index (χ4v) is 4.96. The van der Waals surface area contributed by atoms with E-state index in [1.807, 2.05) is 31.2 Å². The molecule has 2 atom stereocenters. The third-order valence-electron chi connectivity index (χ3n) is 6.64. The van der Waals surface area contributed by atoms with Gasteiger partial charge in [-0.15, -0.1) is 0 Å². The lowest BCUT2D eigenvalue weighted by atomic mass is 9.85. The van der Waals surface area contributed by atoms with Crippen molar-refractivity contribution >= 4 is 37.5 Å². The standard InChI is InChI=1S/C14H26BN2O3P.C11H14N4O2.C7H5NO3/c1-15(18)17-14(12-6-4-7-13(16)10-12)8-5-9-20-11-21(2,3)19;1-2-3-7-11(13-14-12)9-5-4-6-10(8-9)15(16)17;9-5-6-2-1-3-7(4-6)8(10)11/h4,6-7,10,14,17-18H,5,8-9,11,16H2,1-3H3;4-6,8,11H,2-3,7H2,1H3;1-5H. The van der Waals surface area contributed by atoms with E-state index in [1.165, 1.54) is 36.4 Å². The van der Waals surface area contributed by atoms with E-state index in [2.05, 4.69) is 15.3 Å². The maximum atomic E-state index is 11.5. The molecular weight excluding hydrogens is 652 g/mol. The average Bonchev–Trinajstić information content (AvgIpc) is 3.06. The van der Waals surface area contributed by atoms with Crippen LogP contribution >= 0.6 is 7.14 Å². The van der Waals surface area contributed by atoms with Crippen LogP contribution in [0.1, 0.15) is 72.6 Å². The number of anilines is 1. The van der Waals surface area contributed by atoms with Crippen LogP contribution in [0.3, 0.4) is 0 Å². The van der Waals surface area contributed by atoms with Crippen molar-refractivity contribution in [3.63, 3.8) is 0 Å². The molecule has 0 radical (unpaired) electrons. The number of nitrogens with one attached hydrogen (secondary N) is 1. The van der Waals surface area contributed by atoms with Gasteiger partial charge in [0.1, 0.15) is 13.4 Å². The molecule has 3 aromatic rings. The molecule has 0 saturated heterocycles. The lowest BCUT2D eigenvalue weighted by molar-refractivity contribution is -0.385. The number of azide groups is 1. The molecule has 0 aliphatic carbocycles. The summed E-state index contributed by atoms with van der Waals surface area (Å²) in [5, 5.41) is 37.2. The second-order valence-electron chi connectivity index (χ2n) is 11.5. The molecule has 49 heavy (non-hydrogen) atoms. The number of hydrogen-bond donors (Lipinski definition) is 3. The Morgan fingerprint density at radius 2 is 1.63 bits per heavy atom. The first-order chi connectivity index (χ1) is 23.2. The molecular formula is C32H45BN7O8P. The largest absolute Gasteiger partial charge is 0.437 e. The molecule has 0 fully saturated rings. The van der Waals surface area contributed by atoms with Crippen LogP contribution in [0.4, 0.5) is 17.1 Å². The van der Waals surface area contributed by atoms with Gasteiger partial charge in [0, 0.05) is 53.1 Å². The van der Waals surface area contributed by atoms with E-state index in [9.17, 15) is 34.6 Å². The molecule has 3 rings (SSSR count). The van der Waals surface area contributed by atoms with Crippen LogP contribution < -0.4 is 11.0 Å². The van der Waals surface area contributed by atoms with Crippen molar-refractivity contribution in [1.82, 2.24) is 5.23 Å². The lowest BCUT2D eigenvalue weighted by Gasteiger charge is -2.20. The minimum absolute atomic E-state index is 0.0205. The van der Waals surface area contributed by atoms with Crippen molar-refractivity contribution in [3.8, 4) is 0 Å². The summed E-state index contributed by atoms with van der Waals surface area (Å²) >= 11 is 0. The number of carbonyl (C=O) groups excluding carboxylic acids is 1. The maximum absolute atomic E-state index is 11.5. The molecule has 264 valence electrons. The Kier molecular flexibility index (Phi) is 19.8. The van der Waals surface area contributed by atoms with Gasteiger partial charge in [-0.1, -0.05) is 61.3 Å². The van der Waals surface area contributed by atoms with Crippen LogP contribution in [0.25, 0.3) is 10.4 Å². The van der Waals surface area contributed by atoms with E-state index in [-0.39, 0.29) is 23.5 Å². The number of nitro groups is 2. The van der Waals surface area contributed by atoms with Crippen molar-refractivity contribution < 1.29 is 29.0 Å². The normalized spacial score (nSPS) is 11.7. The molecule has 0 aromatic heterocycles. The molecule has 0 saturated carbocycles. The van der Waals surface area contributed by atoms with E-state index in [0.717, 1.165) is 31.2 Å². The molecule has 0 aliphatic rings. The first-order valence-corrected chi connectivity index (χ1v) is 18.4. The summed E-state index contributed by atoms with van der Waals surface area (Å²) in [6.07, 6.45) is 5.15. The molecule has 0 amide bonds. The number of carbonyl (C=O) groups is 1. The van der Waals surface area contributed by atoms with Crippen molar-refractivity contribution in [3.05, 3.63) is 120 Å². The van der Waals surface area contributed by atoms with Gasteiger partial charge in [-0.25, -0.2) is 0 Å². The van der Waals surface area contributed by atoms with Gasteiger partial charge >= 0.3 is 7.05 Å². The quantitative estimate of drug-likeness (QED) is 0.0118. The summed E-state index contributed by atoms with van der Waals surface area (Å²) in [6, 6.07) is 19.2. The predicted molar refractivity (Wildman–Crippen MR) is 193 cm³/mol. The summed E-state index contributed by atoms with van der Waals surface area (Å²) in [7, 11) is -2.70. The van der Waals surface area contributed by atoms with E-state index < -0.39 is 24.0 Å². The molecule has 0 aliphatic heterocycles. The van der Waals surface area contributed by atoms with Gasteiger partial charge < -0.3 is 25.3 Å². The number of nitrogens with two attached hydrogens (primary N) is 1. The Bertz CT molecular complexity index is 1580.